The van der Waals surface area contributed by atoms with Crippen LogP contribution in [0.2, 0.25) is 0 Å². The third kappa shape index (κ3) is 32.8. The first kappa shape index (κ1) is 99.3. The molecule has 0 spiro atoms. The second-order valence-electron chi connectivity index (χ2n) is 34.5. The van der Waals surface area contributed by atoms with Gasteiger partial charge in [-0.3, -0.25) is 47.9 Å². The second kappa shape index (κ2) is 46.6. The highest BCUT2D eigenvalue weighted by molar-refractivity contribution is 7.09. The molecule has 2 heterocycles. The van der Waals surface area contributed by atoms with Gasteiger partial charge in [-0.25, -0.2) is 14.6 Å². The largest absolute Gasteiger partial charge is 0.445 e. The number of ketones is 5. The van der Waals surface area contributed by atoms with Gasteiger partial charge in [0.05, 0.1) is 58.9 Å². The number of rotatable bonds is 49. The molecule has 12 atom stereocenters. The highest BCUT2D eigenvalue weighted by Crippen LogP contribution is 2.35. The smallest absolute Gasteiger partial charge is 0.408 e. The van der Waals surface area contributed by atoms with Crippen LogP contribution in [0.3, 0.4) is 0 Å². The number of primary amides is 1. The maximum Gasteiger partial charge on any atom is 0.408 e. The van der Waals surface area contributed by atoms with Gasteiger partial charge in [-0.1, -0.05) is 132 Å². The van der Waals surface area contributed by atoms with Gasteiger partial charge in [0.25, 0.3) is 0 Å². The highest BCUT2D eigenvalue weighted by atomic mass is 32.1. The van der Waals surface area contributed by atoms with Crippen molar-refractivity contribution >= 4 is 87.6 Å². The number of Topliss-reactive ketones (excluding diaryl/α,β-unsaturated/α-hetero) is 5. The van der Waals surface area contributed by atoms with Gasteiger partial charge in [0.15, 0.2) is 23.1 Å². The number of hydrogen-bond acceptors (Lipinski definition) is 19. The minimum Gasteiger partial charge on any atom is -0.445 e. The first-order valence-corrected chi connectivity index (χ1v) is 40.9. The Hall–Kier alpha value is -7.85. The Balaban J connectivity index is 0.0000331. The van der Waals surface area contributed by atoms with Gasteiger partial charge in [-0.2, -0.15) is 0 Å². The SMILES string of the molecule is C.CC[C@H](C)[C@@H]([C@@H](CC(=O)N1CCC[C@H]1[C@H](OC)[C@@H](C)C(=O)C[C@@H](Cc1ccccc1)c1nccs1)OC)N(C)C(=O)[C@@H](CC(=O)C(C)(C)NC(=O)OCc1ccc(NC(=O)[C@H](CCCNC(N)=O)CC(=O)[C@@H](NC(=O)[C@H](CCCCNC(=O)CC[C@@H](NC(C)(C)C)C(=O)C(C)(C)C)CC(=O)C(C)(C)N)C(C)C)cc1)C(C)C. The van der Waals surface area contributed by atoms with Crippen LogP contribution in [0.15, 0.2) is 66.2 Å². The number of carbonyl (C=O) groups excluding carboxylic acids is 12. The fourth-order valence-electron chi connectivity index (χ4n) is 14.5. The fraction of sp³-hybridized carbons (Fsp3) is 0.686. The van der Waals surface area contributed by atoms with Gasteiger partial charge < -0.3 is 67.4 Å². The van der Waals surface area contributed by atoms with Gasteiger partial charge in [0.1, 0.15) is 12.4 Å². The lowest BCUT2D eigenvalue weighted by molar-refractivity contribution is -0.149. The molecule has 1 saturated heterocycles. The summed E-state index contributed by atoms with van der Waals surface area (Å²) in [5.74, 6) is -7.19. The summed E-state index contributed by atoms with van der Waals surface area (Å²) in [6.07, 6.45) is 3.67. The van der Waals surface area contributed by atoms with Gasteiger partial charge in [0.2, 0.25) is 29.5 Å². The molecule has 10 N–H and O–H groups in total. The fourth-order valence-corrected chi connectivity index (χ4v) is 15.2. The first-order valence-electron chi connectivity index (χ1n) is 40.1. The van der Waals surface area contributed by atoms with Crippen molar-refractivity contribution in [3.05, 3.63) is 82.3 Å². The van der Waals surface area contributed by atoms with E-state index in [2.05, 4.69) is 49.0 Å². The minimum atomic E-state index is -1.50. The number of nitrogens with one attached hydrogen (secondary N) is 6. The van der Waals surface area contributed by atoms with Gasteiger partial charge in [0, 0.05) is 131 Å². The van der Waals surface area contributed by atoms with Crippen LogP contribution in [0.4, 0.5) is 15.3 Å². The average Bonchev–Trinajstić information content (AvgIpc) is 1.54. The summed E-state index contributed by atoms with van der Waals surface area (Å²) in [5.41, 5.74) is 9.79. The van der Waals surface area contributed by atoms with E-state index in [0.717, 1.165) is 17.0 Å². The normalized spacial score (nSPS) is 16.3. The molecular weight excluding hydrogens is 1460 g/mol. The minimum absolute atomic E-state index is 0. The zero-order valence-corrected chi connectivity index (χ0v) is 71.4. The molecule has 1 aliphatic rings. The lowest BCUT2D eigenvalue weighted by atomic mass is 9.83. The number of nitrogens with zero attached hydrogens (tertiary/aromatic N) is 3. The topological polar surface area (TPSA) is 376 Å². The zero-order valence-electron chi connectivity index (χ0n) is 70.6. The third-order valence-electron chi connectivity index (χ3n) is 21.5. The monoisotopic (exact) mass is 1600 g/mol. The summed E-state index contributed by atoms with van der Waals surface area (Å²) in [4.78, 5) is 174. The molecule has 0 unspecified atom stereocenters. The first-order chi connectivity index (χ1) is 52.3. The number of aromatic nitrogens is 1. The summed E-state index contributed by atoms with van der Waals surface area (Å²) < 4.78 is 17.9. The summed E-state index contributed by atoms with van der Waals surface area (Å²) in [6, 6.07) is 13.2. The average molecular weight is 1600 g/mol. The molecule has 0 radical (unpaired) electrons. The molecule has 26 nitrogen and oxygen atoms in total. The summed E-state index contributed by atoms with van der Waals surface area (Å²) in [5, 5.41) is 20.0. The lowest BCUT2D eigenvalue weighted by Gasteiger charge is -2.41. The van der Waals surface area contributed by atoms with Crippen molar-refractivity contribution in [1.82, 2.24) is 41.4 Å². The predicted octanol–water partition coefficient (Wildman–Crippen LogP) is 11.8. The number of thiazole rings is 1. The molecule has 3 aromatic rings. The van der Waals surface area contributed by atoms with Crippen LogP contribution in [0.5, 0.6) is 0 Å². The van der Waals surface area contributed by atoms with E-state index < -0.39 is 112 Å². The van der Waals surface area contributed by atoms with Crippen molar-refractivity contribution in [2.75, 3.05) is 46.2 Å². The molecule has 2 aromatic carbocycles. The molecule has 113 heavy (non-hydrogen) atoms. The molecule has 0 bridgehead atoms. The number of carbonyl (C=O) groups is 12. The molecular formula is C86H139N11O15S. The van der Waals surface area contributed by atoms with Crippen molar-refractivity contribution in [3.63, 3.8) is 0 Å². The van der Waals surface area contributed by atoms with Gasteiger partial charge in [-0.15, -0.1) is 11.3 Å². The maximum atomic E-state index is 14.9. The van der Waals surface area contributed by atoms with E-state index in [1.54, 1.807) is 77.2 Å². The van der Waals surface area contributed by atoms with Gasteiger partial charge >= 0.3 is 12.1 Å². The summed E-state index contributed by atoms with van der Waals surface area (Å²) in [7, 11) is 4.79. The molecule has 1 fully saturated rings. The Morgan fingerprint density at radius 2 is 1.34 bits per heavy atom. The van der Waals surface area contributed by atoms with E-state index >= 15 is 0 Å². The molecule has 0 aliphatic carbocycles. The molecule has 1 aliphatic heterocycles. The number of nitrogens with two attached hydrogens (primary N) is 2. The number of benzene rings is 2. The highest BCUT2D eigenvalue weighted by Gasteiger charge is 2.45. The Morgan fingerprint density at radius 3 is 1.89 bits per heavy atom. The van der Waals surface area contributed by atoms with E-state index in [4.69, 9.17) is 25.7 Å². The summed E-state index contributed by atoms with van der Waals surface area (Å²) >= 11 is 1.53. The number of anilines is 1. The zero-order chi connectivity index (χ0) is 84.2. The van der Waals surface area contributed by atoms with Crippen molar-refractivity contribution in [1.29, 1.82) is 0 Å². The van der Waals surface area contributed by atoms with E-state index in [9.17, 15) is 57.5 Å². The maximum absolute atomic E-state index is 14.9. The van der Waals surface area contributed by atoms with E-state index in [-0.39, 0.29) is 143 Å². The van der Waals surface area contributed by atoms with E-state index in [0.29, 0.717) is 62.9 Å². The standard InChI is InChI=1S/C85H135N11O15S.CH4/c1-21-54(6)73(67(109-19)50-71(102)96-43-28-33-64(96)74(110-20)55(7)65(97)47-60(78-89-42-44-112-78)45-56-29-23-22-24-30-56)95(18)79(106)62(52(2)3)49-69(100)85(16,17)94-81(108)111-51-57-34-36-61(37-35-57)91-76(104)58(32-27-41-90-80(86)107)46-66(98)72(53(4)5)92-77(105)59(48-68(99)84(14,15)87)31-25-26-40-88-70(101)39-38-63(93-83(11,12)13)75(103)82(8,9)10;/h22-24,29-30,34-37,42,44,52-55,58-60,62-64,67,72-74,93H,21,25-28,31-33,38-41,43,45-51,87H2,1-20H3,(H,88,101)(H,91,104)(H,92,105)(H,94,108)(H3,86,90,107);1H4/t54-,55-,58+,59+,60+,62-,63+,64-,67+,72-,73-,74+;/m0./s1. The Bertz CT molecular complexity index is 3550. The number of hydrogen-bond donors (Lipinski definition) is 8. The molecule has 4 rings (SSSR count). The van der Waals surface area contributed by atoms with Crippen molar-refractivity contribution in [3.8, 4) is 0 Å². The Labute approximate surface area is 677 Å². The molecule has 634 valence electrons. The number of likely N-dealkylation sites (tertiary alicyclic amines) is 1. The molecule has 8 amide bonds. The summed E-state index contributed by atoms with van der Waals surface area (Å²) in [6.45, 7) is 31.4. The van der Waals surface area contributed by atoms with Crippen molar-refractivity contribution in [2.45, 2.75) is 293 Å². The Morgan fingerprint density at radius 1 is 0.708 bits per heavy atom. The van der Waals surface area contributed by atoms with Crippen LogP contribution in [0.1, 0.15) is 243 Å². The van der Waals surface area contributed by atoms with Crippen molar-refractivity contribution in [2.24, 2.45) is 58.3 Å². The number of amides is 8. The second-order valence-corrected chi connectivity index (χ2v) is 35.5. The van der Waals surface area contributed by atoms with Crippen LogP contribution >= 0.6 is 11.3 Å². The number of ether oxygens (including phenoxy) is 3. The number of methoxy groups -OCH3 is 2. The van der Waals surface area contributed by atoms with Crippen LogP contribution in [-0.2, 0) is 75.2 Å². The number of alkyl carbamates (subject to hydrolysis) is 1. The van der Waals surface area contributed by atoms with Gasteiger partial charge in [-0.05, 0) is 141 Å². The van der Waals surface area contributed by atoms with Crippen LogP contribution in [-0.4, -0.2) is 179 Å². The van der Waals surface area contributed by atoms with E-state index in [1.165, 1.54) is 32.3 Å². The quantitative estimate of drug-likeness (QED) is 0.0243. The Kier molecular flexibility index (Phi) is 41.0. The van der Waals surface area contributed by atoms with E-state index in [1.807, 2.05) is 105 Å². The molecule has 0 saturated carbocycles. The molecule has 27 heteroatoms. The number of likely N-dealkylation sites (N-methyl/N-ethyl adjacent to an activating group) is 1. The number of urea groups is 1. The third-order valence-corrected chi connectivity index (χ3v) is 22.4. The van der Waals surface area contributed by atoms with Crippen molar-refractivity contribution < 1.29 is 71.7 Å². The van der Waals surface area contributed by atoms with Crippen LogP contribution in [0, 0.1) is 46.8 Å². The van der Waals surface area contributed by atoms with Crippen LogP contribution in [0.25, 0.3) is 0 Å². The molecule has 1 aromatic heterocycles. The lowest BCUT2D eigenvalue weighted by Crippen LogP contribution is -2.55. The predicted molar refractivity (Wildman–Crippen MR) is 443 cm³/mol. The number of unbranched alkanes of at least 4 members (excludes halogenated alkanes) is 1. The van der Waals surface area contributed by atoms with Crippen LogP contribution < -0.4 is 43.4 Å².